The third-order valence-electron chi connectivity index (χ3n) is 2.68. The summed E-state index contributed by atoms with van der Waals surface area (Å²) in [6, 6.07) is 12.0. The third-order valence-corrected chi connectivity index (χ3v) is 3.32. The molecular weight excluding hydrogens is 297 g/mol. The van der Waals surface area contributed by atoms with E-state index < -0.39 is 0 Å². The summed E-state index contributed by atoms with van der Waals surface area (Å²) >= 11 is 3.43. The van der Waals surface area contributed by atoms with Gasteiger partial charge in [0.1, 0.15) is 11.3 Å². The lowest BCUT2D eigenvalue weighted by atomic mass is 10.1. The second kappa shape index (κ2) is 4.53. The molecule has 3 aromatic rings. The van der Waals surface area contributed by atoms with E-state index in [0.29, 0.717) is 12.3 Å². The largest absolute Gasteiger partial charge is 0.440 e. The summed E-state index contributed by atoms with van der Waals surface area (Å²) in [7, 11) is 0. The van der Waals surface area contributed by atoms with Gasteiger partial charge >= 0.3 is 0 Å². The van der Waals surface area contributed by atoms with Gasteiger partial charge in [0, 0.05) is 10.9 Å². The Labute approximate surface area is 112 Å². The highest BCUT2D eigenvalue weighted by molar-refractivity contribution is 9.10. The maximum Gasteiger partial charge on any atom is 0.199 e. The lowest BCUT2D eigenvalue weighted by Gasteiger charge is -1.96. The summed E-state index contributed by atoms with van der Waals surface area (Å²) in [5.74, 6) is 0.391. The maximum absolute atomic E-state index is 12.8. The fraction of sp³-hybridized carbons (Fsp3) is 0.0714. The van der Waals surface area contributed by atoms with E-state index in [1.165, 1.54) is 12.1 Å². The minimum Gasteiger partial charge on any atom is -0.440 e. The smallest absolute Gasteiger partial charge is 0.199 e. The van der Waals surface area contributed by atoms with Gasteiger partial charge in [-0.2, -0.15) is 0 Å². The van der Waals surface area contributed by atoms with Crippen molar-refractivity contribution in [2.24, 2.45) is 0 Å². The molecule has 0 spiro atoms. The molecule has 0 fully saturated rings. The minimum absolute atomic E-state index is 0.237. The highest BCUT2D eigenvalue weighted by Crippen LogP contribution is 2.24. The second-order valence-corrected chi connectivity index (χ2v) is 4.85. The first-order valence-corrected chi connectivity index (χ1v) is 6.30. The topological polar surface area (TPSA) is 26.0 Å². The van der Waals surface area contributed by atoms with E-state index in [1.807, 2.05) is 18.2 Å². The van der Waals surface area contributed by atoms with E-state index in [0.717, 1.165) is 21.1 Å². The fourth-order valence-corrected chi connectivity index (χ4v) is 2.25. The summed E-state index contributed by atoms with van der Waals surface area (Å²) in [5.41, 5.74) is 2.54. The van der Waals surface area contributed by atoms with Gasteiger partial charge in [-0.1, -0.05) is 18.2 Å². The Morgan fingerprint density at radius 1 is 1.11 bits per heavy atom. The molecule has 0 atom stereocenters. The zero-order valence-electron chi connectivity index (χ0n) is 9.36. The number of fused-ring (bicyclic) bond motifs is 1. The minimum atomic E-state index is -0.237. The van der Waals surface area contributed by atoms with E-state index in [2.05, 4.69) is 20.9 Å². The lowest BCUT2D eigenvalue weighted by Crippen LogP contribution is -1.88. The zero-order chi connectivity index (χ0) is 12.5. The van der Waals surface area contributed by atoms with Crippen LogP contribution in [0.3, 0.4) is 0 Å². The Morgan fingerprint density at radius 3 is 2.61 bits per heavy atom. The normalized spacial score (nSPS) is 11.0. The molecule has 0 aliphatic carbocycles. The van der Waals surface area contributed by atoms with Crippen LogP contribution >= 0.6 is 15.9 Å². The van der Waals surface area contributed by atoms with Crippen molar-refractivity contribution in [3.05, 3.63) is 64.2 Å². The molecule has 0 saturated heterocycles. The predicted octanol–water partition coefficient (Wildman–Crippen LogP) is 4.32. The van der Waals surface area contributed by atoms with Gasteiger partial charge in [0.15, 0.2) is 11.5 Å². The van der Waals surface area contributed by atoms with Gasteiger partial charge < -0.3 is 4.42 Å². The van der Waals surface area contributed by atoms with Gasteiger partial charge in [-0.15, -0.1) is 0 Å². The lowest BCUT2D eigenvalue weighted by molar-refractivity contribution is 0.543. The Hall–Kier alpha value is -1.68. The SMILES string of the molecule is Fc1ccc(Cc2nc3c(Br)cccc3o2)cc1. The van der Waals surface area contributed by atoms with Crippen molar-refractivity contribution < 1.29 is 8.81 Å². The number of nitrogens with zero attached hydrogens (tertiary/aromatic N) is 1. The number of rotatable bonds is 2. The van der Waals surface area contributed by atoms with Crippen LogP contribution in [0.2, 0.25) is 0 Å². The first-order valence-electron chi connectivity index (χ1n) is 5.51. The van der Waals surface area contributed by atoms with Crippen LogP contribution in [0.15, 0.2) is 51.4 Å². The summed E-state index contributed by atoms with van der Waals surface area (Å²) in [6.07, 6.45) is 0.557. The second-order valence-electron chi connectivity index (χ2n) is 4.00. The van der Waals surface area contributed by atoms with Gasteiger partial charge in [-0.05, 0) is 45.8 Å². The van der Waals surface area contributed by atoms with Crippen LogP contribution in [0.5, 0.6) is 0 Å². The monoisotopic (exact) mass is 305 g/mol. The molecule has 18 heavy (non-hydrogen) atoms. The van der Waals surface area contributed by atoms with Gasteiger partial charge in [0.05, 0.1) is 0 Å². The van der Waals surface area contributed by atoms with Crippen molar-refractivity contribution in [3.63, 3.8) is 0 Å². The Morgan fingerprint density at radius 2 is 1.89 bits per heavy atom. The molecule has 0 radical (unpaired) electrons. The summed E-state index contributed by atoms with van der Waals surface area (Å²) in [6.45, 7) is 0. The van der Waals surface area contributed by atoms with E-state index in [-0.39, 0.29) is 5.82 Å². The van der Waals surface area contributed by atoms with Gasteiger partial charge in [0.25, 0.3) is 0 Å². The molecule has 3 rings (SSSR count). The standard InChI is InChI=1S/C14H9BrFNO/c15-11-2-1-3-12-14(11)17-13(18-12)8-9-4-6-10(16)7-5-9/h1-7H,8H2. The zero-order valence-corrected chi connectivity index (χ0v) is 10.9. The molecular formula is C14H9BrFNO. The molecule has 90 valence electrons. The van der Waals surface area contributed by atoms with Crippen LogP contribution in [0.4, 0.5) is 4.39 Å². The average Bonchev–Trinajstić information content (AvgIpc) is 2.76. The maximum atomic E-state index is 12.8. The van der Waals surface area contributed by atoms with Crippen molar-refractivity contribution in [1.29, 1.82) is 0 Å². The van der Waals surface area contributed by atoms with Crippen molar-refractivity contribution in [2.75, 3.05) is 0 Å². The first kappa shape index (κ1) is 11.4. The van der Waals surface area contributed by atoms with Crippen LogP contribution in [0.1, 0.15) is 11.5 Å². The van der Waals surface area contributed by atoms with E-state index in [9.17, 15) is 4.39 Å². The van der Waals surface area contributed by atoms with Crippen LogP contribution in [0.25, 0.3) is 11.1 Å². The summed E-state index contributed by atoms with van der Waals surface area (Å²) < 4.78 is 19.4. The van der Waals surface area contributed by atoms with Crippen molar-refractivity contribution in [1.82, 2.24) is 4.98 Å². The first-order chi connectivity index (χ1) is 8.72. The number of para-hydroxylation sites is 1. The van der Waals surface area contributed by atoms with Crippen molar-refractivity contribution in [2.45, 2.75) is 6.42 Å². The van der Waals surface area contributed by atoms with Crippen LogP contribution in [-0.4, -0.2) is 4.98 Å². The number of hydrogen-bond acceptors (Lipinski definition) is 2. The highest BCUT2D eigenvalue weighted by Gasteiger charge is 2.08. The highest BCUT2D eigenvalue weighted by atomic mass is 79.9. The predicted molar refractivity (Wildman–Crippen MR) is 70.9 cm³/mol. The van der Waals surface area contributed by atoms with E-state index in [1.54, 1.807) is 12.1 Å². The molecule has 4 heteroatoms. The molecule has 1 aromatic heterocycles. The molecule has 0 aliphatic rings. The fourth-order valence-electron chi connectivity index (χ4n) is 1.81. The molecule has 2 nitrogen and oxygen atoms in total. The van der Waals surface area contributed by atoms with Gasteiger partial charge in [-0.25, -0.2) is 9.37 Å². The molecule has 0 unspecified atom stereocenters. The quantitative estimate of drug-likeness (QED) is 0.704. The van der Waals surface area contributed by atoms with Crippen LogP contribution < -0.4 is 0 Å². The number of oxazole rings is 1. The Bertz CT molecular complexity index is 691. The van der Waals surface area contributed by atoms with Gasteiger partial charge in [0.2, 0.25) is 0 Å². The molecule has 2 aromatic carbocycles. The molecule has 0 amide bonds. The van der Waals surface area contributed by atoms with Gasteiger partial charge in [-0.3, -0.25) is 0 Å². The molecule has 0 saturated carbocycles. The average molecular weight is 306 g/mol. The number of hydrogen-bond donors (Lipinski definition) is 0. The third kappa shape index (κ3) is 2.16. The van der Waals surface area contributed by atoms with Crippen LogP contribution in [0, 0.1) is 5.82 Å². The van der Waals surface area contributed by atoms with Crippen molar-refractivity contribution >= 4 is 27.0 Å². The number of benzene rings is 2. The molecule has 0 aliphatic heterocycles. The molecule has 0 bridgehead atoms. The molecule has 1 heterocycles. The van der Waals surface area contributed by atoms with E-state index >= 15 is 0 Å². The molecule has 0 N–H and O–H groups in total. The number of aromatic nitrogens is 1. The Kier molecular flexibility index (Phi) is 2.88. The Balaban J connectivity index is 1.95. The summed E-state index contributed by atoms with van der Waals surface area (Å²) in [5, 5.41) is 0. The van der Waals surface area contributed by atoms with E-state index in [4.69, 9.17) is 4.42 Å². The number of halogens is 2. The summed E-state index contributed by atoms with van der Waals surface area (Å²) in [4.78, 5) is 4.42. The van der Waals surface area contributed by atoms with Crippen LogP contribution in [-0.2, 0) is 6.42 Å². The van der Waals surface area contributed by atoms with Crippen molar-refractivity contribution in [3.8, 4) is 0 Å².